The van der Waals surface area contributed by atoms with Gasteiger partial charge in [-0.25, -0.2) is 4.39 Å². The zero-order valence-electron chi connectivity index (χ0n) is 10.1. The number of anilines is 1. The maximum Gasteiger partial charge on any atom is 0.130 e. The van der Waals surface area contributed by atoms with E-state index in [1.807, 2.05) is 11.0 Å². The van der Waals surface area contributed by atoms with Gasteiger partial charge in [-0.1, -0.05) is 6.07 Å². The second kappa shape index (κ2) is 5.02. The van der Waals surface area contributed by atoms with E-state index in [0.717, 1.165) is 25.1 Å². The fourth-order valence-electron chi connectivity index (χ4n) is 2.43. The number of hydrogen-bond donors (Lipinski definition) is 2. The van der Waals surface area contributed by atoms with Crippen LogP contribution in [-0.4, -0.2) is 24.3 Å². The van der Waals surface area contributed by atoms with E-state index in [4.69, 9.17) is 5.73 Å². The molecule has 1 heterocycles. The quantitative estimate of drug-likeness (QED) is 0.826. The maximum absolute atomic E-state index is 13.8. The molecule has 0 spiro atoms. The number of aliphatic hydroxyl groups is 1. The maximum atomic E-state index is 13.8. The van der Waals surface area contributed by atoms with Gasteiger partial charge in [0.15, 0.2) is 0 Å². The average Bonchev–Trinajstić information content (AvgIpc) is 2.28. The first-order valence-electron chi connectivity index (χ1n) is 6.06. The molecule has 3 N–H and O–H groups in total. The fourth-order valence-corrected chi connectivity index (χ4v) is 2.43. The van der Waals surface area contributed by atoms with Crippen LogP contribution in [0.3, 0.4) is 0 Å². The minimum atomic E-state index is -0.342. The number of hydrogen-bond acceptors (Lipinski definition) is 3. The molecule has 2 atom stereocenters. The second-order valence-corrected chi connectivity index (χ2v) is 4.70. The zero-order valence-corrected chi connectivity index (χ0v) is 10.1. The van der Waals surface area contributed by atoms with Crippen molar-refractivity contribution in [3.05, 3.63) is 29.6 Å². The molecule has 17 heavy (non-hydrogen) atoms. The van der Waals surface area contributed by atoms with E-state index < -0.39 is 0 Å². The van der Waals surface area contributed by atoms with Crippen molar-refractivity contribution in [2.45, 2.75) is 31.9 Å². The Bertz CT molecular complexity index is 395. The monoisotopic (exact) mass is 238 g/mol. The minimum absolute atomic E-state index is 0.266. The molecule has 0 aromatic heterocycles. The van der Waals surface area contributed by atoms with Crippen LogP contribution in [0.2, 0.25) is 0 Å². The Morgan fingerprint density at radius 2 is 2.29 bits per heavy atom. The van der Waals surface area contributed by atoms with Gasteiger partial charge in [-0.05, 0) is 31.9 Å². The number of benzene rings is 1. The molecule has 1 saturated heterocycles. The molecule has 0 bridgehead atoms. The third-order valence-electron chi connectivity index (χ3n) is 3.22. The molecular weight excluding hydrogens is 219 g/mol. The topological polar surface area (TPSA) is 49.5 Å². The summed E-state index contributed by atoms with van der Waals surface area (Å²) < 4.78 is 13.8. The van der Waals surface area contributed by atoms with E-state index in [1.54, 1.807) is 13.0 Å². The Kier molecular flexibility index (Phi) is 3.64. The predicted molar refractivity (Wildman–Crippen MR) is 66.5 cm³/mol. The highest BCUT2D eigenvalue weighted by molar-refractivity contribution is 5.55. The van der Waals surface area contributed by atoms with Crippen molar-refractivity contribution in [3.63, 3.8) is 0 Å². The molecule has 1 fully saturated rings. The Morgan fingerprint density at radius 1 is 1.53 bits per heavy atom. The molecule has 1 aromatic carbocycles. The highest BCUT2D eigenvalue weighted by Crippen LogP contribution is 2.29. The Morgan fingerprint density at radius 3 is 2.94 bits per heavy atom. The molecule has 1 aromatic rings. The van der Waals surface area contributed by atoms with Gasteiger partial charge in [0, 0.05) is 30.4 Å². The highest BCUT2D eigenvalue weighted by atomic mass is 19.1. The largest absolute Gasteiger partial charge is 0.391 e. The molecule has 0 radical (unpaired) electrons. The average molecular weight is 238 g/mol. The van der Waals surface area contributed by atoms with Crippen molar-refractivity contribution in [1.82, 2.24) is 0 Å². The second-order valence-electron chi connectivity index (χ2n) is 4.70. The van der Waals surface area contributed by atoms with E-state index in [-0.39, 0.29) is 18.0 Å². The zero-order chi connectivity index (χ0) is 12.4. The smallest absolute Gasteiger partial charge is 0.130 e. The van der Waals surface area contributed by atoms with Gasteiger partial charge in [-0.3, -0.25) is 0 Å². The summed E-state index contributed by atoms with van der Waals surface area (Å²) in [5, 5.41) is 9.67. The standard InChI is InChI=1S/C13H19FN2O/c1-9(15)13-11(14)5-2-6-12(13)16-7-3-4-10(17)8-16/h2,5-6,9-10,17H,3-4,7-8,15H2,1H3/t9-,10?/m1/s1. The van der Waals surface area contributed by atoms with E-state index in [1.165, 1.54) is 6.07 Å². The van der Waals surface area contributed by atoms with Crippen molar-refractivity contribution in [2.24, 2.45) is 5.73 Å². The molecule has 0 amide bonds. The van der Waals surface area contributed by atoms with Crippen molar-refractivity contribution < 1.29 is 9.50 Å². The lowest BCUT2D eigenvalue weighted by Crippen LogP contribution is -2.39. The summed E-state index contributed by atoms with van der Waals surface area (Å²) in [6.45, 7) is 3.19. The lowest BCUT2D eigenvalue weighted by Gasteiger charge is -2.34. The van der Waals surface area contributed by atoms with Crippen molar-refractivity contribution in [3.8, 4) is 0 Å². The lowest BCUT2D eigenvalue weighted by molar-refractivity contribution is 0.154. The van der Waals surface area contributed by atoms with Gasteiger partial charge in [0.1, 0.15) is 5.82 Å². The van der Waals surface area contributed by atoms with Gasteiger partial charge in [-0.2, -0.15) is 0 Å². The Hall–Kier alpha value is -1.13. The number of piperidine rings is 1. The normalized spacial score (nSPS) is 22.6. The summed E-state index contributed by atoms with van der Waals surface area (Å²) in [6, 6.07) is 4.66. The van der Waals surface area contributed by atoms with Gasteiger partial charge >= 0.3 is 0 Å². The number of β-amino-alcohol motifs (C(OH)–C–C–N with tert-alkyl or cyclic N) is 1. The van der Waals surface area contributed by atoms with Crippen LogP contribution in [0.25, 0.3) is 0 Å². The number of halogens is 1. The summed E-state index contributed by atoms with van der Waals surface area (Å²) in [7, 11) is 0. The predicted octanol–water partition coefficient (Wildman–Crippen LogP) is 1.81. The summed E-state index contributed by atoms with van der Waals surface area (Å²) in [5.74, 6) is -0.266. The molecule has 4 heteroatoms. The third-order valence-corrected chi connectivity index (χ3v) is 3.22. The van der Waals surface area contributed by atoms with Gasteiger partial charge in [0.05, 0.1) is 6.10 Å². The van der Waals surface area contributed by atoms with Gasteiger partial charge in [0.25, 0.3) is 0 Å². The first kappa shape index (κ1) is 12.3. The summed E-state index contributed by atoms with van der Waals surface area (Å²) in [4.78, 5) is 2.02. The molecule has 0 saturated carbocycles. The van der Waals surface area contributed by atoms with Gasteiger partial charge in [-0.15, -0.1) is 0 Å². The SMILES string of the molecule is C[C@@H](N)c1c(F)cccc1N1CCCC(O)C1. The first-order valence-corrected chi connectivity index (χ1v) is 6.06. The van der Waals surface area contributed by atoms with Crippen LogP contribution in [0.15, 0.2) is 18.2 Å². The fraction of sp³-hybridized carbons (Fsp3) is 0.538. The van der Waals surface area contributed by atoms with E-state index >= 15 is 0 Å². The Labute approximate surface area is 101 Å². The van der Waals surface area contributed by atoms with Crippen LogP contribution >= 0.6 is 0 Å². The van der Waals surface area contributed by atoms with E-state index in [2.05, 4.69) is 0 Å². The molecule has 2 rings (SSSR count). The van der Waals surface area contributed by atoms with Crippen LogP contribution in [0.1, 0.15) is 31.4 Å². The lowest BCUT2D eigenvalue weighted by atomic mass is 10.0. The Balaban J connectivity index is 2.34. The summed E-state index contributed by atoms with van der Waals surface area (Å²) in [5.41, 5.74) is 7.19. The summed E-state index contributed by atoms with van der Waals surface area (Å²) >= 11 is 0. The van der Waals surface area contributed by atoms with Crippen LogP contribution < -0.4 is 10.6 Å². The molecule has 1 aliphatic heterocycles. The first-order chi connectivity index (χ1) is 8.09. The van der Waals surface area contributed by atoms with Crippen LogP contribution in [0.5, 0.6) is 0 Å². The molecule has 1 aliphatic rings. The summed E-state index contributed by atoms with van der Waals surface area (Å²) in [6.07, 6.45) is 1.42. The van der Waals surface area contributed by atoms with Crippen molar-refractivity contribution >= 4 is 5.69 Å². The number of nitrogens with zero attached hydrogens (tertiary/aromatic N) is 1. The minimum Gasteiger partial charge on any atom is -0.391 e. The molecule has 3 nitrogen and oxygen atoms in total. The van der Waals surface area contributed by atoms with Crippen LogP contribution in [0.4, 0.5) is 10.1 Å². The van der Waals surface area contributed by atoms with E-state index in [9.17, 15) is 9.50 Å². The van der Waals surface area contributed by atoms with Gasteiger partial charge in [0.2, 0.25) is 0 Å². The highest BCUT2D eigenvalue weighted by Gasteiger charge is 2.22. The molecular formula is C13H19FN2O. The van der Waals surface area contributed by atoms with Crippen LogP contribution in [0, 0.1) is 5.82 Å². The van der Waals surface area contributed by atoms with Crippen LogP contribution in [-0.2, 0) is 0 Å². The van der Waals surface area contributed by atoms with Gasteiger partial charge < -0.3 is 15.7 Å². The number of nitrogens with two attached hydrogens (primary N) is 1. The van der Waals surface area contributed by atoms with Crippen molar-refractivity contribution in [2.75, 3.05) is 18.0 Å². The van der Waals surface area contributed by atoms with Crippen molar-refractivity contribution in [1.29, 1.82) is 0 Å². The molecule has 0 aliphatic carbocycles. The van der Waals surface area contributed by atoms with E-state index in [0.29, 0.717) is 12.1 Å². The molecule has 1 unspecified atom stereocenters. The number of rotatable bonds is 2. The molecule has 94 valence electrons. The number of aliphatic hydroxyl groups excluding tert-OH is 1. The third kappa shape index (κ3) is 2.58.